The van der Waals surface area contributed by atoms with Gasteiger partial charge < -0.3 is 4.90 Å². The average molecular weight is 127 g/mol. The van der Waals surface area contributed by atoms with Crippen molar-refractivity contribution in [2.75, 3.05) is 14.1 Å². The Morgan fingerprint density at radius 2 is 2.20 bits per heavy atom. The topological polar surface area (TPSA) is 3.24 Å². The molecule has 0 unspecified atom stereocenters. The van der Waals surface area contributed by atoms with Gasteiger partial charge in [0, 0.05) is 14.1 Å². The second-order valence-corrected chi connectivity index (χ2v) is 2.24. The molecule has 0 radical (unpaired) electrons. The van der Waals surface area contributed by atoms with Crippen molar-refractivity contribution in [3.05, 3.63) is 36.1 Å². The van der Waals surface area contributed by atoms with Crippen LogP contribution >= 0.6 is 0 Å². The zero-order valence-corrected chi connectivity index (χ0v) is 6.76. The Labute approximate surface area is 74.3 Å². The molecule has 0 aromatic heterocycles. The molecule has 0 fully saturated rings. The van der Waals surface area contributed by atoms with E-state index in [0.717, 1.165) is 0 Å². The third kappa shape index (κ3) is 2.96. The Morgan fingerprint density at radius 1 is 1.50 bits per heavy atom. The van der Waals surface area contributed by atoms with Crippen molar-refractivity contribution < 1.29 is 18.9 Å². The Hall–Kier alpha value is -0.383. The molecule has 10 heavy (non-hydrogen) atoms. The quantitative estimate of drug-likeness (QED) is 0.302. The summed E-state index contributed by atoms with van der Waals surface area (Å²) in [6.07, 6.45) is 10.9. The van der Waals surface area contributed by atoms with E-state index < -0.39 is 0 Å². The molecule has 0 atom stereocenters. The molecule has 0 amide bonds. The van der Waals surface area contributed by atoms with E-state index in [-0.39, 0.29) is 18.9 Å². The number of allylic oxidation sites excluding steroid dienone is 5. The van der Waals surface area contributed by atoms with Gasteiger partial charge in [-0.15, -0.1) is 0 Å². The van der Waals surface area contributed by atoms with Crippen LogP contribution in [0.4, 0.5) is 0 Å². The maximum Gasteiger partial charge on any atom is 1.00 e. The molecule has 2 heteroatoms. The molecule has 0 bridgehead atoms. The minimum Gasteiger partial charge on any atom is -0.395 e. The van der Waals surface area contributed by atoms with Crippen molar-refractivity contribution in [2.24, 2.45) is 0 Å². The normalized spacial score (nSPS) is 17.6. The summed E-state index contributed by atoms with van der Waals surface area (Å²) < 4.78 is 0. The van der Waals surface area contributed by atoms with Crippen LogP contribution in [0.15, 0.2) is 30.0 Å². The summed E-state index contributed by atoms with van der Waals surface area (Å²) in [5, 5.41) is 0. The van der Waals surface area contributed by atoms with Crippen LogP contribution in [0.5, 0.6) is 0 Å². The molecule has 0 heterocycles. The molecule has 48 valence electrons. The van der Waals surface area contributed by atoms with E-state index in [0.29, 0.717) is 0 Å². The third-order valence-corrected chi connectivity index (χ3v) is 1.03. The van der Waals surface area contributed by atoms with Gasteiger partial charge in [0.15, 0.2) is 0 Å². The number of rotatable bonds is 1. The number of hydrogen-bond donors (Lipinski definition) is 0. The molecule has 0 aromatic rings. The van der Waals surface area contributed by atoms with Gasteiger partial charge in [-0.3, -0.25) is 0 Å². The molecule has 1 rings (SSSR count). The van der Waals surface area contributed by atoms with Crippen LogP contribution in [0, 0.1) is 6.08 Å². The Bertz CT molecular complexity index is 164. The van der Waals surface area contributed by atoms with Crippen molar-refractivity contribution in [3.8, 4) is 0 Å². The smallest absolute Gasteiger partial charge is 0.395 e. The zero-order chi connectivity index (χ0) is 6.69. The molecule has 0 aromatic carbocycles. The van der Waals surface area contributed by atoms with E-state index in [1.807, 2.05) is 37.2 Å². The van der Waals surface area contributed by atoms with Gasteiger partial charge in [-0.05, 0) is 0 Å². The van der Waals surface area contributed by atoms with Crippen molar-refractivity contribution in [1.29, 1.82) is 0 Å². The molecular weight excluding hydrogens is 117 g/mol. The SMILES string of the molecule is CN(C)C=C1C=[C-]C=C1.[Li+]. The first-order valence-electron chi connectivity index (χ1n) is 2.93. The van der Waals surface area contributed by atoms with Gasteiger partial charge in [0.05, 0.1) is 0 Å². The van der Waals surface area contributed by atoms with Crippen molar-refractivity contribution in [3.63, 3.8) is 0 Å². The van der Waals surface area contributed by atoms with Crippen LogP contribution in [0.1, 0.15) is 0 Å². The summed E-state index contributed by atoms with van der Waals surface area (Å²) in [4.78, 5) is 2.02. The Balaban J connectivity index is 0.000000810. The second kappa shape index (κ2) is 4.44. The molecule has 0 saturated heterocycles. The summed E-state index contributed by atoms with van der Waals surface area (Å²) >= 11 is 0. The molecular formula is C8H10LiN. The van der Waals surface area contributed by atoms with E-state index in [1.165, 1.54) is 5.57 Å². The molecule has 1 aliphatic carbocycles. The van der Waals surface area contributed by atoms with Crippen LogP contribution in [0.3, 0.4) is 0 Å². The summed E-state index contributed by atoms with van der Waals surface area (Å²) in [5.74, 6) is 0. The fourth-order valence-electron chi connectivity index (χ4n) is 0.715. The van der Waals surface area contributed by atoms with Crippen LogP contribution in [-0.2, 0) is 0 Å². The Kier molecular flexibility index (Phi) is 4.27. The number of nitrogens with zero attached hydrogens (tertiary/aromatic N) is 1. The van der Waals surface area contributed by atoms with Gasteiger partial charge in [-0.1, -0.05) is 6.20 Å². The fourth-order valence-corrected chi connectivity index (χ4v) is 0.715. The predicted molar refractivity (Wildman–Crippen MR) is 38.7 cm³/mol. The summed E-state index contributed by atoms with van der Waals surface area (Å²) in [7, 11) is 4.01. The maximum atomic E-state index is 2.98. The summed E-state index contributed by atoms with van der Waals surface area (Å²) in [5.41, 5.74) is 1.21. The van der Waals surface area contributed by atoms with E-state index in [9.17, 15) is 0 Å². The largest absolute Gasteiger partial charge is 1.00 e. The first-order chi connectivity index (χ1) is 4.29. The van der Waals surface area contributed by atoms with Gasteiger partial charge in [0.1, 0.15) is 0 Å². The zero-order valence-electron chi connectivity index (χ0n) is 6.76. The Morgan fingerprint density at radius 3 is 2.60 bits per heavy atom. The first-order valence-corrected chi connectivity index (χ1v) is 2.93. The maximum absolute atomic E-state index is 2.98. The molecule has 0 aliphatic heterocycles. The van der Waals surface area contributed by atoms with Gasteiger partial charge in [-0.2, -0.15) is 23.8 Å². The summed E-state index contributed by atoms with van der Waals surface area (Å²) in [6.45, 7) is 0. The standard InChI is InChI=1S/C8H10N.Li/c1-9(2)7-8-5-3-4-6-8;/h3,5-7H,1-2H3;/q-1;+1. The second-order valence-electron chi connectivity index (χ2n) is 2.24. The van der Waals surface area contributed by atoms with Crippen molar-refractivity contribution in [1.82, 2.24) is 4.90 Å². The van der Waals surface area contributed by atoms with E-state index in [2.05, 4.69) is 12.3 Å². The number of hydrogen-bond acceptors (Lipinski definition) is 1. The molecule has 0 spiro atoms. The first kappa shape index (κ1) is 9.62. The minimum atomic E-state index is 0. The monoisotopic (exact) mass is 127 g/mol. The fraction of sp³-hybridized carbons (Fsp3) is 0.250. The summed E-state index contributed by atoms with van der Waals surface area (Å²) in [6, 6.07) is 0. The van der Waals surface area contributed by atoms with Gasteiger partial charge >= 0.3 is 18.9 Å². The molecule has 0 saturated carbocycles. The van der Waals surface area contributed by atoms with Crippen LogP contribution < -0.4 is 18.9 Å². The van der Waals surface area contributed by atoms with Gasteiger partial charge in [0.25, 0.3) is 0 Å². The molecule has 0 N–H and O–H groups in total. The minimum absolute atomic E-state index is 0. The van der Waals surface area contributed by atoms with E-state index in [1.54, 1.807) is 0 Å². The molecule has 1 aliphatic rings. The van der Waals surface area contributed by atoms with E-state index >= 15 is 0 Å². The van der Waals surface area contributed by atoms with Gasteiger partial charge in [-0.25, -0.2) is 6.08 Å². The van der Waals surface area contributed by atoms with Crippen LogP contribution in [0.2, 0.25) is 0 Å². The van der Waals surface area contributed by atoms with Crippen molar-refractivity contribution >= 4 is 0 Å². The van der Waals surface area contributed by atoms with Crippen molar-refractivity contribution in [2.45, 2.75) is 0 Å². The predicted octanol–water partition coefficient (Wildman–Crippen LogP) is -1.63. The van der Waals surface area contributed by atoms with Crippen LogP contribution in [-0.4, -0.2) is 19.0 Å². The third-order valence-electron chi connectivity index (χ3n) is 1.03. The van der Waals surface area contributed by atoms with E-state index in [4.69, 9.17) is 0 Å². The van der Waals surface area contributed by atoms with Gasteiger partial charge in [0.2, 0.25) is 0 Å². The van der Waals surface area contributed by atoms with Crippen LogP contribution in [0.25, 0.3) is 0 Å². The average Bonchev–Trinajstić information content (AvgIpc) is 2.15. The molecule has 1 nitrogen and oxygen atoms in total.